The fourth-order valence-electron chi connectivity index (χ4n) is 5.79. The first-order valence-corrected chi connectivity index (χ1v) is 12.5. The lowest BCUT2D eigenvalue weighted by atomic mass is 9.88. The zero-order valence-electron chi connectivity index (χ0n) is 19.7. The third kappa shape index (κ3) is 4.29. The van der Waals surface area contributed by atoms with Gasteiger partial charge in [-0.2, -0.15) is 0 Å². The predicted octanol–water partition coefficient (Wildman–Crippen LogP) is 1.41. The zero-order chi connectivity index (χ0) is 23.8. The quantitative estimate of drug-likeness (QED) is 0.662. The van der Waals surface area contributed by atoms with Crippen molar-refractivity contribution in [2.45, 2.75) is 56.9 Å². The van der Waals surface area contributed by atoms with Gasteiger partial charge in [-0.05, 0) is 74.7 Å². The SMILES string of the molecule is Cn1c(=O)n(C2CCC(=O)NC2=O)c2ccc(C3CCN(C(=O)CC4CCNCC4)CC3)cc21. The second-order valence-corrected chi connectivity index (χ2v) is 9.98. The molecule has 1 aromatic heterocycles. The predicted molar refractivity (Wildman–Crippen MR) is 127 cm³/mol. The van der Waals surface area contributed by atoms with Crippen LogP contribution in [0.3, 0.4) is 0 Å². The molecule has 0 radical (unpaired) electrons. The van der Waals surface area contributed by atoms with Crippen LogP contribution in [-0.2, 0) is 21.4 Å². The van der Waals surface area contributed by atoms with Crippen LogP contribution in [0.4, 0.5) is 0 Å². The number of carbonyl (C=O) groups is 3. The van der Waals surface area contributed by atoms with Crippen molar-refractivity contribution in [3.8, 4) is 0 Å². The Morgan fingerprint density at radius 2 is 1.74 bits per heavy atom. The van der Waals surface area contributed by atoms with Gasteiger partial charge in [0.05, 0.1) is 11.0 Å². The molecule has 3 amide bonds. The molecule has 2 aromatic rings. The van der Waals surface area contributed by atoms with Gasteiger partial charge in [-0.3, -0.25) is 28.8 Å². The third-order valence-electron chi connectivity index (χ3n) is 7.88. The van der Waals surface area contributed by atoms with Crippen LogP contribution in [0.1, 0.15) is 62.5 Å². The number of fused-ring (bicyclic) bond motifs is 1. The Balaban J connectivity index is 1.29. The van der Waals surface area contributed by atoms with E-state index in [1.165, 1.54) is 4.57 Å². The molecule has 9 heteroatoms. The molecule has 3 aliphatic rings. The van der Waals surface area contributed by atoms with Crippen LogP contribution in [0.25, 0.3) is 11.0 Å². The number of imide groups is 1. The zero-order valence-corrected chi connectivity index (χ0v) is 19.7. The van der Waals surface area contributed by atoms with Gasteiger partial charge in [0.15, 0.2) is 0 Å². The van der Waals surface area contributed by atoms with Gasteiger partial charge in [-0.15, -0.1) is 0 Å². The molecule has 0 bridgehead atoms. The molecular weight excluding hydrogens is 434 g/mol. The Bertz CT molecular complexity index is 1170. The minimum absolute atomic E-state index is 0.228. The molecule has 3 fully saturated rings. The Hall–Kier alpha value is -2.94. The number of rotatable bonds is 4. The van der Waals surface area contributed by atoms with Crippen molar-refractivity contribution in [1.82, 2.24) is 24.7 Å². The molecular formula is C25H33N5O4. The van der Waals surface area contributed by atoms with Gasteiger partial charge in [0.25, 0.3) is 0 Å². The van der Waals surface area contributed by atoms with Crippen molar-refractivity contribution in [1.29, 1.82) is 0 Å². The lowest BCUT2D eigenvalue weighted by molar-refractivity contribution is -0.136. The van der Waals surface area contributed by atoms with Gasteiger partial charge in [0, 0.05) is 33.0 Å². The van der Waals surface area contributed by atoms with E-state index in [-0.39, 0.29) is 23.9 Å². The maximum atomic E-state index is 13.0. The number of carbonyl (C=O) groups excluding carboxylic acids is 3. The average molecular weight is 468 g/mol. The standard InChI is InChI=1S/C25H33N5O4/c1-28-21-15-18(2-3-19(21)30(25(28)34)20-4-5-22(31)27-24(20)33)17-8-12-29(13-9-17)23(32)14-16-6-10-26-11-7-16/h2-3,15-17,20,26H,4-14H2,1H3,(H,27,31,33). The normalized spacial score (nSPS) is 22.9. The van der Waals surface area contributed by atoms with Crippen LogP contribution in [0.2, 0.25) is 0 Å². The molecule has 0 aliphatic carbocycles. The molecule has 3 saturated heterocycles. The molecule has 2 N–H and O–H groups in total. The summed E-state index contributed by atoms with van der Waals surface area (Å²) in [5, 5.41) is 5.70. The molecule has 1 atom stereocenters. The monoisotopic (exact) mass is 467 g/mol. The Labute approximate surface area is 198 Å². The number of likely N-dealkylation sites (tertiary alicyclic amines) is 1. The highest BCUT2D eigenvalue weighted by Crippen LogP contribution is 2.32. The largest absolute Gasteiger partial charge is 0.343 e. The van der Waals surface area contributed by atoms with Gasteiger partial charge in [0.2, 0.25) is 17.7 Å². The van der Waals surface area contributed by atoms with Gasteiger partial charge in [-0.1, -0.05) is 6.07 Å². The topological polar surface area (TPSA) is 105 Å². The molecule has 182 valence electrons. The van der Waals surface area contributed by atoms with Crippen molar-refractivity contribution in [3.05, 3.63) is 34.2 Å². The molecule has 0 saturated carbocycles. The fourth-order valence-corrected chi connectivity index (χ4v) is 5.79. The van der Waals surface area contributed by atoms with E-state index in [0.717, 1.165) is 62.9 Å². The van der Waals surface area contributed by atoms with Crippen molar-refractivity contribution < 1.29 is 14.4 Å². The molecule has 0 spiro atoms. The number of imidazole rings is 1. The second kappa shape index (κ2) is 9.37. The Morgan fingerprint density at radius 3 is 2.44 bits per heavy atom. The summed E-state index contributed by atoms with van der Waals surface area (Å²) in [4.78, 5) is 51.7. The summed E-state index contributed by atoms with van der Waals surface area (Å²) in [6.45, 7) is 3.55. The van der Waals surface area contributed by atoms with Crippen LogP contribution in [0, 0.1) is 5.92 Å². The van der Waals surface area contributed by atoms with E-state index in [9.17, 15) is 19.2 Å². The first-order chi connectivity index (χ1) is 16.4. The van der Waals surface area contributed by atoms with Gasteiger partial charge < -0.3 is 10.2 Å². The lowest BCUT2D eigenvalue weighted by Crippen LogP contribution is -2.44. The first kappa shape index (κ1) is 22.8. The number of amides is 3. The number of aromatic nitrogens is 2. The molecule has 4 heterocycles. The molecule has 34 heavy (non-hydrogen) atoms. The van der Waals surface area contributed by atoms with E-state index in [0.29, 0.717) is 30.2 Å². The highest BCUT2D eigenvalue weighted by atomic mass is 16.2. The van der Waals surface area contributed by atoms with Crippen LogP contribution in [0.5, 0.6) is 0 Å². The maximum Gasteiger partial charge on any atom is 0.329 e. The molecule has 1 unspecified atom stereocenters. The van der Waals surface area contributed by atoms with E-state index >= 15 is 0 Å². The van der Waals surface area contributed by atoms with E-state index in [1.54, 1.807) is 11.6 Å². The lowest BCUT2D eigenvalue weighted by Gasteiger charge is -2.33. The maximum absolute atomic E-state index is 13.0. The minimum Gasteiger partial charge on any atom is -0.343 e. The van der Waals surface area contributed by atoms with Gasteiger partial charge >= 0.3 is 5.69 Å². The molecule has 1 aromatic carbocycles. The minimum atomic E-state index is -0.672. The number of hydrogen-bond donors (Lipinski definition) is 2. The number of aryl methyl sites for hydroxylation is 1. The third-order valence-corrected chi connectivity index (χ3v) is 7.88. The van der Waals surface area contributed by atoms with E-state index < -0.39 is 11.9 Å². The summed E-state index contributed by atoms with van der Waals surface area (Å²) in [5.74, 6) is 0.406. The van der Waals surface area contributed by atoms with Gasteiger partial charge in [0.1, 0.15) is 6.04 Å². The number of piperidine rings is 3. The number of nitrogens with zero attached hydrogens (tertiary/aromatic N) is 3. The van der Waals surface area contributed by atoms with Crippen molar-refractivity contribution >= 4 is 28.8 Å². The highest BCUT2D eigenvalue weighted by molar-refractivity contribution is 6.00. The second-order valence-electron chi connectivity index (χ2n) is 9.98. The van der Waals surface area contributed by atoms with E-state index in [2.05, 4.69) is 16.7 Å². The van der Waals surface area contributed by atoms with E-state index in [1.807, 2.05) is 17.0 Å². The summed E-state index contributed by atoms with van der Waals surface area (Å²) in [5.41, 5.74) is 2.41. The van der Waals surface area contributed by atoms with Crippen LogP contribution < -0.4 is 16.3 Å². The number of hydrogen-bond acceptors (Lipinski definition) is 5. The molecule has 3 aliphatic heterocycles. The number of benzene rings is 1. The summed E-state index contributed by atoms with van der Waals surface area (Å²) in [7, 11) is 1.72. The van der Waals surface area contributed by atoms with Crippen molar-refractivity contribution in [3.63, 3.8) is 0 Å². The van der Waals surface area contributed by atoms with Gasteiger partial charge in [-0.25, -0.2) is 4.79 Å². The summed E-state index contributed by atoms with van der Waals surface area (Å²) >= 11 is 0. The summed E-state index contributed by atoms with van der Waals surface area (Å²) in [6.07, 6.45) is 5.20. The summed E-state index contributed by atoms with van der Waals surface area (Å²) in [6, 6.07) is 5.34. The van der Waals surface area contributed by atoms with Crippen molar-refractivity contribution in [2.24, 2.45) is 13.0 Å². The summed E-state index contributed by atoms with van der Waals surface area (Å²) < 4.78 is 3.10. The van der Waals surface area contributed by atoms with E-state index in [4.69, 9.17) is 0 Å². The van der Waals surface area contributed by atoms with Crippen molar-refractivity contribution in [2.75, 3.05) is 26.2 Å². The van der Waals surface area contributed by atoms with Crippen LogP contribution in [-0.4, -0.2) is 57.9 Å². The van der Waals surface area contributed by atoms with Crippen LogP contribution in [0.15, 0.2) is 23.0 Å². The molecule has 5 rings (SSSR count). The Morgan fingerprint density at radius 1 is 1.00 bits per heavy atom. The highest BCUT2D eigenvalue weighted by Gasteiger charge is 2.32. The smallest absolute Gasteiger partial charge is 0.329 e. The first-order valence-electron chi connectivity index (χ1n) is 12.5. The van der Waals surface area contributed by atoms with Crippen LogP contribution >= 0.6 is 0 Å². The molecule has 9 nitrogen and oxygen atoms in total. The Kier molecular flexibility index (Phi) is 6.29. The number of nitrogens with one attached hydrogen (secondary N) is 2. The average Bonchev–Trinajstić information content (AvgIpc) is 3.09. The fraction of sp³-hybridized carbons (Fsp3) is 0.600.